The van der Waals surface area contributed by atoms with E-state index in [2.05, 4.69) is 32.7 Å². The van der Waals surface area contributed by atoms with Crippen LogP contribution in [0.25, 0.3) is 10.9 Å². The molecule has 2 aromatic heterocycles. The van der Waals surface area contributed by atoms with Crippen LogP contribution in [0.5, 0.6) is 0 Å². The van der Waals surface area contributed by atoms with Gasteiger partial charge in [0.2, 0.25) is 0 Å². The molecule has 2 heterocycles. The lowest BCUT2D eigenvalue weighted by atomic mass is 10.2. The van der Waals surface area contributed by atoms with Gasteiger partial charge in [-0.05, 0) is 46.4 Å². The molecule has 0 aliphatic heterocycles. The van der Waals surface area contributed by atoms with Gasteiger partial charge in [-0.15, -0.1) is 0 Å². The average molecular weight is 353 g/mol. The van der Waals surface area contributed by atoms with Gasteiger partial charge in [0.1, 0.15) is 15.0 Å². The van der Waals surface area contributed by atoms with Crippen molar-refractivity contribution in [2.24, 2.45) is 0 Å². The fraction of sp³-hybridized carbons (Fsp3) is 0.0769. The highest BCUT2D eigenvalue weighted by atomic mass is 127. The van der Waals surface area contributed by atoms with Crippen molar-refractivity contribution in [1.82, 2.24) is 14.8 Å². The Hall–Kier alpha value is -1.50. The number of rotatable bonds is 2. The van der Waals surface area contributed by atoms with Gasteiger partial charge >= 0.3 is 0 Å². The Bertz CT molecular complexity index is 694. The third-order valence-electron chi connectivity index (χ3n) is 2.73. The van der Waals surface area contributed by atoms with Crippen LogP contribution in [-0.2, 0) is 6.54 Å². The van der Waals surface area contributed by atoms with E-state index in [1.165, 1.54) is 6.07 Å². The van der Waals surface area contributed by atoms with Crippen LogP contribution in [0.1, 0.15) is 5.56 Å². The highest BCUT2D eigenvalue weighted by Gasteiger charge is 2.12. The minimum absolute atomic E-state index is 0.244. The van der Waals surface area contributed by atoms with Crippen LogP contribution in [0, 0.1) is 9.52 Å². The maximum atomic E-state index is 13.9. The second-order valence-electron chi connectivity index (χ2n) is 3.95. The summed E-state index contributed by atoms with van der Waals surface area (Å²) in [7, 11) is 0. The first-order chi connectivity index (χ1) is 8.75. The molecule has 3 aromatic rings. The number of aromatic nitrogens is 3. The molecule has 0 unspecified atom stereocenters. The Morgan fingerprint density at radius 1 is 1.22 bits per heavy atom. The predicted octanol–water partition coefficient (Wildman–Crippen LogP) is 3.22. The van der Waals surface area contributed by atoms with Crippen LogP contribution in [0.4, 0.5) is 4.39 Å². The van der Waals surface area contributed by atoms with E-state index in [-0.39, 0.29) is 5.82 Å². The zero-order valence-corrected chi connectivity index (χ0v) is 11.5. The Labute approximate surface area is 117 Å². The molecule has 90 valence electrons. The van der Waals surface area contributed by atoms with Crippen molar-refractivity contribution >= 4 is 33.5 Å². The molecule has 0 bridgehead atoms. The van der Waals surface area contributed by atoms with Gasteiger partial charge in [0, 0.05) is 17.8 Å². The minimum Gasteiger partial charge on any atom is -0.264 e. The normalized spacial score (nSPS) is 11.0. The van der Waals surface area contributed by atoms with Gasteiger partial charge in [0.25, 0.3) is 0 Å². The summed E-state index contributed by atoms with van der Waals surface area (Å²) >= 11 is 2.12. The smallest absolute Gasteiger partial charge is 0.149 e. The average Bonchev–Trinajstić information content (AvgIpc) is 2.69. The fourth-order valence-electron chi connectivity index (χ4n) is 1.93. The van der Waals surface area contributed by atoms with Gasteiger partial charge < -0.3 is 0 Å². The molecule has 0 radical (unpaired) electrons. The first-order valence-corrected chi connectivity index (χ1v) is 6.53. The van der Waals surface area contributed by atoms with Crippen LogP contribution in [0.15, 0.2) is 42.7 Å². The van der Waals surface area contributed by atoms with Gasteiger partial charge in [0.15, 0.2) is 0 Å². The van der Waals surface area contributed by atoms with Crippen molar-refractivity contribution < 1.29 is 4.39 Å². The third kappa shape index (κ3) is 1.98. The topological polar surface area (TPSA) is 30.7 Å². The van der Waals surface area contributed by atoms with Gasteiger partial charge in [-0.3, -0.25) is 9.67 Å². The zero-order chi connectivity index (χ0) is 12.5. The second-order valence-corrected chi connectivity index (χ2v) is 4.97. The van der Waals surface area contributed by atoms with Crippen molar-refractivity contribution in [3.63, 3.8) is 0 Å². The van der Waals surface area contributed by atoms with Crippen LogP contribution >= 0.6 is 22.6 Å². The maximum Gasteiger partial charge on any atom is 0.149 e. The molecule has 0 spiro atoms. The molecule has 0 atom stereocenters. The van der Waals surface area contributed by atoms with Crippen LogP contribution < -0.4 is 0 Å². The van der Waals surface area contributed by atoms with Gasteiger partial charge in [-0.2, -0.15) is 5.10 Å². The number of fused-ring (bicyclic) bond motifs is 1. The number of hydrogen-bond acceptors (Lipinski definition) is 2. The molecular formula is C13H9FIN3. The number of hydrogen-bond donors (Lipinski definition) is 0. The van der Waals surface area contributed by atoms with E-state index in [4.69, 9.17) is 0 Å². The molecule has 0 amide bonds. The van der Waals surface area contributed by atoms with Crippen LogP contribution in [0.2, 0.25) is 0 Å². The van der Waals surface area contributed by atoms with Gasteiger partial charge in [0.05, 0.1) is 6.54 Å². The van der Waals surface area contributed by atoms with Crippen LogP contribution in [0.3, 0.4) is 0 Å². The lowest BCUT2D eigenvalue weighted by molar-refractivity contribution is 0.615. The SMILES string of the molecule is Fc1cccc2c(I)nn(Cc3cccnc3)c12. The largest absolute Gasteiger partial charge is 0.264 e. The number of pyridine rings is 1. The van der Waals surface area contributed by atoms with Crippen molar-refractivity contribution in [3.8, 4) is 0 Å². The highest BCUT2D eigenvalue weighted by molar-refractivity contribution is 14.1. The molecule has 0 N–H and O–H groups in total. The molecule has 0 fully saturated rings. The third-order valence-corrected chi connectivity index (χ3v) is 3.53. The Balaban J connectivity index is 2.13. The number of halogens is 2. The molecule has 0 aliphatic carbocycles. The second kappa shape index (κ2) is 4.64. The molecule has 3 rings (SSSR count). The summed E-state index contributed by atoms with van der Waals surface area (Å²) in [4.78, 5) is 4.05. The highest BCUT2D eigenvalue weighted by Crippen LogP contribution is 2.23. The quantitative estimate of drug-likeness (QED) is 0.663. The Morgan fingerprint density at radius 3 is 2.89 bits per heavy atom. The summed E-state index contributed by atoms with van der Waals surface area (Å²) in [6.07, 6.45) is 3.48. The fourth-order valence-corrected chi connectivity index (χ4v) is 2.63. The molecule has 0 saturated carbocycles. The first kappa shape index (κ1) is 11.6. The number of para-hydroxylation sites is 1. The summed E-state index contributed by atoms with van der Waals surface area (Å²) in [6.45, 7) is 0.522. The molecular weight excluding hydrogens is 344 g/mol. The summed E-state index contributed by atoms with van der Waals surface area (Å²) in [5.74, 6) is -0.244. The maximum absolute atomic E-state index is 13.9. The summed E-state index contributed by atoms with van der Waals surface area (Å²) in [6, 6.07) is 8.86. The summed E-state index contributed by atoms with van der Waals surface area (Å²) < 4.78 is 16.4. The number of nitrogens with zero attached hydrogens (tertiary/aromatic N) is 3. The summed E-state index contributed by atoms with van der Waals surface area (Å²) in [5, 5.41) is 5.23. The van der Waals surface area contributed by atoms with Crippen LogP contribution in [-0.4, -0.2) is 14.8 Å². The zero-order valence-electron chi connectivity index (χ0n) is 9.35. The van der Waals surface area contributed by atoms with E-state index < -0.39 is 0 Å². The van der Waals surface area contributed by atoms with Crippen molar-refractivity contribution in [2.75, 3.05) is 0 Å². The van der Waals surface area contributed by atoms with E-state index in [0.717, 1.165) is 14.7 Å². The standard InChI is InChI=1S/C13H9FIN3/c14-11-5-1-4-10-12(11)18(17-13(10)15)8-9-3-2-6-16-7-9/h1-7H,8H2. The number of benzene rings is 1. The lowest BCUT2D eigenvalue weighted by Crippen LogP contribution is -2.03. The van der Waals surface area contributed by atoms with Crippen molar-refractivity contribution in [3.05, 3.63) is 57.8 Å². The van der Waals surface area contributed by atoms with E-state index in [1.807, 2.05) is 18.2 Å². The predicted molar refractivity (Wildman–Crippen MR) is 75.7 cm³/mol. The van der Waals surface area contributed by atoms with Gasteiger partial charge in [-0.25, -0.2) is 4.39 Å². The lowest BCUT2D eigenvalue weighted by Gasteiger charge is -2.03. The Kier molecular flexibility index (Phi) is 2.99. The van der Waals surface area contributed by atoms with Crippen molar-refractivity contribution in [1.29, 1.82) is 0 Å². The molecule has 18 heavy (non-hydrogen) atoms. The van der Waals surface area contributed by atoms with E-state index in [0.29, 0.717) is 12.1 Å². The molecule has 5 heteroatoms. The molecule has 1 aromatic carbocycles. The molecule has 3 nitrogen and oxygen atoms in total. The first-order valence-electron chi connectivity index (χ1n) is 5.45. The minimum atomic E-state index is -0.244. The van der Waals surface area contributed by atoms with Crippen molar-refractivity contribution in [2.45, 2.75) is 6.54 Å². The van der Waals surface area contributed by atoms with Gasteiger partial charge in [-0.1, -0.05) is 12.1 Å². The van der Waals surface area contributed by atoms with E-state index in [1.54, 1.807) is 23.1 Å². The van der Waals surface area contributed by atoms with E-state index in [9.17, 15) is 4.39 Å². The molecule has 0 saturated heterocycles. The monoisotopic (exact) mass is 353 g/mol. The summed E-state index contributed by atoms with van der Waals surface area (Å²) in [5.41, 5.74) is 1.55. The Morgan fingerprint density at radius 2 is 2.11 bits per heavy atom. The van der Waals surface area contributed by atoms with E-state index >= 15 is 0 Å². The molecule has 0 aliphatic rings.